The molecule has 0 saturated heterocycles. The lowest BCUT2D eigenvalue weighted by Crippen LogP contribution is -2.25. The van der Waals surface area contributed by atoms with E-state index in [9.17, 15) is 18.0 Å². The zero-order chi connectivity index (χ0) is 19.3. The fourth-order valence-corrected chi connectivity index (χ4v) is 2.30. The van der Waals surface area contributed by atoms with Gasteiger partial charge < -0.3 is 14.8 Å². The van der Waals surface area contributed by atoms with Gasteiger partial charge in [-0.3, -0.25) is 9.48 Å². The van der Waals surface area contributed by atoms with Crippen LogP contribution in [0.15, 0.2) is 24.3 Å². The Balaban J connectivity index is 2.10. The van der Waals surface area contributed by atoms with Gasteiger partial charge in [0.15, 0.2) is 17.2 Å². The summed E-state index contributed by atoms with van der Waals surface area (Å²) in [6.07, 6.45) is -4.60. The molecule has 26 heavy (non-hydrogen) atoms. The molecule has 0 spiro atoms. The van der Waals surface area contributed by atoms with E-state index in [1.165, 1.54) is 7.05 Å². The summed E-state index contributed by atoms with van der Waals surface area (Å²) in [6, 6.07) is 5.91. The topological polar surface area (TPSA) is 65.4 Å². The average molecular weight is 371 g/mol. The zero-order valence-corrected chi connectivity index (χ0v) is 14.7. The van der Waals surface area contributed by atoms with Crippen LogP contribution in [0.3, 0.4) is 0 Å². The Morgan fingerprint density at radius 2 is 1.81 bits per heavy atom. The summed E-state index contributed by atoms with van der Waals surface area (Å²) < 4.78 is 49.9. The van der Waals surface area contributed by atoms with Crippen molar-refractivity contribution in [2.24, 2.45) is 7.05 Å². The summed E-state index contributed by atoms with van der Waals surface area (Å²) >= 11 is 0. The van der Waals surface area contributed by atoms with Gasteiger partial charge in [0, 0.05) is 19.7 Å². The molecule has 1 heterocycles. The van der Waals surface area contributed by atoms with Gasteiger partial charge in [-0.15, -0.1) is 0 Å². The lowest BCUT2D eigenvalue weighted by Gasteiger charge is -2.13. The summed E-state index contributed by atoms with van der Waals surface area (Å²) in [5.74, 6) is 0.481. The lowest BCUT2D eigenvalue weighted by molar-refractivity contribution is -0.141. The van der Waals surface area contributed by atoms with Crippen LogP contribution in [0.25, 0.3) is 0 Å². The highest BCUT2D eigenvalue weighted by molar-refractivity contribution is 5.92. The minimum atomic E-state index is -4.60. The molecular weight excluding hydrogens is 351 g/mol. The molecule has 2 rings (SSSR count). The van der Waals surface area contributed by atoms with Crippen molar-refractivity contribution >= 4 is 5.91 Å². The SMILES string of the molecule is CCOc1ccc(CNC(=O)c2cc(C(F)(F)F)nn2C)cc1OCC. The Morgan fingerprint density at radius 1 is 1.15 bits per heavy atom. The van der Waals surface area contributed by atoms with Crippen LogP contribution in [0.5, 0.6) is 11.5 Å². The molecule has 9 heteroatoms. The molecule has 1 N–H and O–H groups in total. The lowest BCUT2D eigenvalue weighted by atomic mass is 10.2. The first-order valence-corrected chi connectivity index (χ1v) is 8.04. The Morgan fingerprint density at radius 3 is 2.38 bits per heavy atom. The maximum absolute atomic E-state index is 12.7. The van der Waals surface area contributed by atoms with Gasteiger partial charge in [-0.05, 0) is 31.5 Å². The van der Waals surface area contributed by atoms with E-state index in [0.29, 0.717) is 24.7 Å². The molecule has 0 aliphatic carbocycles. The Bertz CT molecular complexity index is 772. The molecule has 0 radical (unpaired) electrons. The fourth-order valence-electron chi connectivity index (χ4n) is 2.30. The maximum Gasteiger partial charge on any atom is 0.435 e. The smallest absolute Gasteiger partial charge is 0.435 e. The number of nitrogens with one attached hydrogen (secondary N) is 1. The van der Waals surface area contributed by atoms with Crippen molar-refractivity contribution in [3.63, 3.8) is 0 Å². The summed E-state index contributed by atoms with van der Waals surface area (Å²) in [6.45, 7) is 4.75. The number of benzene rings is 1. The number of amides is 1. The van der Waals surface area contributed by atoms with Crippen molar-refractivity contribution in [1.82, 2.24) is 15.1 Å². The summed E-state index contributed by atoms with van der Waals surface area (Å²) in [4.78, 5) is 12.2. The molecule has 142 valence electrons. The number of carbonyl (C=O) groups is 1. The van der Waals surface area contributed by atoms with Gasteiger partial charge in [-0.1, -0.05) is 6.07 Å². The molecule has 2 aromatic rings. The third-order valence-electron chi connectivity index (χ3n) is 3.46. The number of halogens is 3. The normalized spacial score (nSPS) is 11.3. The van der Waals surface area contributed by atoms with Crippen LogP contribution in [-0.2, 0) is 19.8 Å². The van der Waals surface area contributed by atoms with E-state index in [2.05, 4.69) is 10.4 Å². The van der Waals surface area contributed by atoms with E-state index >= 15 is 0 Å². The molecule has 0 atom stereocenters. The fraction of sp³-hybridized carbons (Fsp3) is 0.412. The molecule has 0 saturated carbocycles. The monoisotopic (exact) mass is 371 g/mol. The second kappa shape index (κ2) is 8.11. The summed E-state index contributed by atoms with van der Waals surface area (Å²) in [7, 11) is 1.29. The van der Waals surface area contributed by atoms with Gasteiger partial charge in [0.1, 0.15) is 5.69 Å². The number of hydrogen-bond acceptors (Lipinski definition) is 4. The van der Waals surface area contributed by atoms with E-state index in [-0.39, 0.29) is 12.2 Å². The number of ether oxygens (including phenoxy) is 2. The molecule has 6 nitrogen and oxygen atoms in total. The second-order valence-corrected chi connectivity index (χ2v) is 5.37. The van der Waals surface area contributed by atoms with Crippen LogP contribution in [0.4, 0.5) is 13.2 Å². The third kappa shape index (κ3) is 4.68. The second-order valence-electron chi connectivity index (χ2n) is 5.37. The number of rotatable bonds is 7. The zero-order valence-electron chi connectivity index (χ0n) is 14.7. The first kappa shape index (κ1) is 19.6. The van der Waals surface area contributed by atoms with Crippen molar-refractivity contribution in [3.05, 3.63) is 41.2 Å². The molecule has 0 unspecified atom stereocenters. The van der Waals surface area contributed by atoms with Crippen LogP contribution >= 0.6 is 0 Å². The van der Waals surface area contributed by atoms with Crippen molar-refractivity contribution in [2.75, 3.05) is 13.2 Å². The molecule has 0 bridgehead atoms. The average Bonchev–Trinajstić information content (AvgIpc) is 2.97. The standard InChI is InChI=1S/C17H20F3N3O3/c1-4-25-13-7-6-11(8-14(13)26-5-2)10-21-16(24)12-9-15(17(18,19)20)22-23(12)3/h6-9H,4-5,10H2,1-3H3,(H,21,24). The van der Waals surface area contributed by atoms with Crippen LogP contribution in [0.2, 0.25) is 0 Å². The van der Waals surface area contributed by atoms with Crippen molar-refractivity contribution in [1.29, 1.82) is 0 Å². The molecule has 0 fully saturated rings. The highest BCUT2D eigenvalue weighted by Gasteiger charge is 2.35. The van der Waals surface area contributed by atoms with Gasteiger partial charge >= 0.3 is 6.18 Å². The Hall–Kier alpha value is -2.71. The molecule has 1 aromatic carbocycles. The molecule has 0 aliphatic heterocycles. The van der Waals surface area contributed by atoms with Crippen LogP contribution in [0.1, 0.15) is 35.6 Å². The molecule has 1 amide bonds. The number of hydrogen-bond donors (Lipinski definition) is 1. The predicted octanol–water partition coefficient (Wildman–Crippen LogP) is 3.17. The number of aryl methyl sites for hydroxylation is 1. The number of carbonyl (C=O) groups excluding carboxylic acids is 1. The van der Waals surface area contributed by atoms with Gasteiger partial charge in [0.05, 0.1) is 13.2 Å². The predicted molar refractivity (Wildman–Crippen MR) is 88.2 cm³/mol. The Kier molecular flexibility index (Phi) is 6.12. The van der Waals surface area contributed by atoms with E-state index in [1.807, 2.05) is 13.8 Å². The maximum atomic E-state index is 12.7. The van der Waals surface area contributed by atoms with E-state index < -0.39 is 17.8 Å². The number of aromatic nitrogens is 2. The van der Waals surface area contributed by atoms with Crippen molar-refractivity contribution in [3.8, 4) is 11.5 Å². The third-order valence-corrected chi connectivity index (χ3v) is 3.46. The van der Waals surface area contributed by atoms with E-state index in [1.54, 1.807) is 18.2 Å². The minimum absolute atomic E-state index is 0.123. The Labute approximate surface area is 148 Å². The minimum Gasteiger partial charge on any atom is -0.490 e. The summed E-state index contributed by atoms with van der Waals surface area (Å²) in [5, 5.41) is 5.90. The van der Waals surface area contributed by atoms with Crippen molar-refractivity contribution < 1.29 is 27.4 Å². The van der Waals surface area contributed by atoms with Gasteiger partial charge in [0.2, 0.25) is 0 Å². The number of nitrogens with zero attached hydrogens (tertiary/aromatic N) is 2. The molecule has 0 aliphatic rings. The van der Waals surface area contributed by atoms with E-state index in [0.717, 1.165) is 16.3 Å². The van der Waals surface area contributed by atoms with Crippen LogP contribution < -0.4 is 14.8 Å². The molecule has 1 aromatic heterocycles. The highest BCUT2D eigenvalue weighted by atomic mass is 19.4. The number of alkyl halides is 3. The van der Waals surface area contributed by atoms with Gasteiger partial charge in [-0.25, -0.2) is 0 Å². The largest absolute Gasteiger partial charge is 0.490 e. The summed E-state index contributed by atoms with van der Waals surface area (Å²) in [5.41, 5.74) is -0.554. The first-order valence-electron chi connectivity index (χ1n) is 8.04. The van der Waals surface area contributed by atoms with E-state index in [4.69, 9.17) is 9.47 Å². The van der Waals surface area contributed by atoms with Gasteiger partial charge in [0.25, 0.3) is 5.91 Å². The van der Waals surface area contributed by atoms with Crippen LogP contribution in [-0.4, -0.2) is 28.9 Å². The van der Waals surface area contributed by atoms with Crippen molar-refractivity contribution in [2.45, 2.75) is 26.6 Å². The molecular formula is C17H20F3N3O3. The van der Waals surface area contributed by atoms with Crippen LogP contribution in [0, 0.1) is 0 Å². The quantitative estimate of drug-likeness (QED) is 0.812. The first-order chi connectivity index (χ1) is 12.3. The highest BCUT2D eigenvalue weighted by Crippen LogP contribution is 2.29. The van der Waals surface area contributed by atoms with Gasteiger partial charge in [-0.2, -0.15) is 18.3 Å².